The molecule has 1 heterocycles. The molecule has 1 N–H and O–H groups in total. The summed E-state index contributed by atoms with van der Waals surface area (Å²) in [6.07, 6.45) is 0.215. The standard InChI is InChI=1S/C22H25ClN2O2/c1-14-18(23)6-5-7-19(14)24-21(27)15-12-20(26)25(13-15)17-10-8-16(9-11-17)22(2,3)4/h5-11,15H,12-13H2,1-4H3,(H,24,27). The van der Waals surface area contributed by atoms with Gasteiger partial charge in [0.1, 0.15) is 0 Å². The first-order chi connectivity index (χ1) is 12.7. The van der Waals surface area contributed by atoms with Gasteiger partial charge in [-0.3, -0.25) is 9.59 Å². The number of benzene rings is 2. The van der Waals surface area contributed by atoms with Gasteiger partial charge in [0.25, 0.3) is 0 Å². The van der Waals surface area contributed by atoms with E-state index in [1.165, 1.54) is 5.56 Å². The van der Waals surface area contributed by atoms with Crippen LogP contribution < -0.4 is 10.2 Å². The lowest BCUT2D eigenvalue weighted by Crippen LogP contribution is -2.28. The third-order valence-electron chi connectivity index (χ3n) is 5.07. The molecule has 0 radical (unpaired) electrons. The third-order valence-corrected chi connectivity index (χ3v) is 5.48. The normalized spacial score (nSPS) is 17.3. The average Bonchev–Trinajstić information content (AvgIpc) is 3.00. The summed E-state index contributed by atoms with van der Waals surface area (Å²) >= 11 is 6.11. The van der Waals surface area contributed by atoms with Gasteiger partial charge in [0.15, 0.2) is 0 Å². The number of anilines is 2. The average molecular weight is 385 g/mol. The number of carbonyl (C=O) groups excluding carboxylic acids is 2. The maximum absolute atomic E-state index is 12.7. The van der Waals surface area contributed by atoms with Crippen LogP contribution in [0.3, 0.4) is 0 Å². The van der Waals surface area contributed by atoms with Crippen molar-refractivity contribution in [3.63, 3.8) is 0 Å². The molecular weight excluding hydrogens is 360 g/mol. The van der Waals surface area contributed by atoms with Crippen LogP contribution in [0.4, 0.5) is 11.4 Å². The predicted octanol–water partition coefficient (Wildman–Crippen LogP) is 4.94. The summed E-state index contributed by atoms with van der Waals surface area (Å²) in [5.74, 6) is -0.554. The van der Waals surface area contributed by atoms with E-state index in [2.05, 4.69) is 26.1 Å². The fourth-order valence-corrected chi connectivity index (χ4v) is 3.43. The first kappa shape index (κ1) is 19.4. The molecule has 0 bridgehead atoms. The van der Waals surface area contributed by atoms with E-state index >= 15 is 0 Å². The van der Waals surface area contributed by atoms with Gasteiger partial charge in [-0.15, -0.1) is 0 Å². The molecule has 2 amide bonds. The van der Waals surface area contributed by atoms with Gasteiger partial charge < -0.3 is 10.2 Å². The van der Waals surface area contributed by atoms with Gasteiger partial charge in [0.05, 0.1) is 5.92 Å². The van der Waals surface area contributed by atoms with Gasteiger partial charge in [-0.25, -0.2) is 0 Å². The molecule has 2 aromatic rings. The Morgan fingerprint density at radius 2 is 1.81 bits per heavy atom. The van der Waals surface area contributed by atoms with Gasteiger partial charge in [0.2, 0.25) is 11.8 Å². The Kier molecular flexibility index (Phi) is 5.29. The number of nitrogens with zero attached hydrogens (tertiary/aromatic N) is 1. The molecule has 142 valence electrons. The van der Waals surface area contributed by atoms with E-state index < -0.39 is 0 Å². The largest absolute Gasteiger partial charge is 0.325 e. The summed E-state index contributed by atoms with van der Waals surface area (Å²) in [4.78, 5) is 26.8. The molecule has 1 aliphatic heterocycles. The molecule has 4 nitrogen and oxygen atoms in total. The van der Waals surface area contributed by atoms with E-state index in [9.17, 15) is 9.59 Å². The van der Waals surface area contributed by atoms with E-state index in [1.807, 2.05) is 37.3 Å². The Bertz CT molecular complexity index is 869. The predicted molar refractivity (Wildman–Crippen MR) is 110 cm³/mol. The van der Waals surface area contributed by atoms with E-state index in [1.54, 1.807) is 17.0 Å². The van der Waals surface area contributed by atoms with E-state index in [0.717, 1.165) is 11.3 Å². The van der Waals surface area contributed by atoms with Crippen molar-refractivity contribution < 1.29 is 9.59 Å². The summed E-state index contributed by atoms with van der Waals surface area (Å²) in [6.45, 7) is 8.71. The first-order valence-corrected chi connectivity index (χ1v) is 9.51. The van der Waals surface area contributed by atoms with E-state index in [-0.39, 0.29) is 29.6 Å². The zero-order chi connectivity index (χ0) is 19.8. The molecule has 0 aliphatic carbocycles. The molecule has 1 aliphatic rings. The number of hydrogen-bond donors (Lipinski definition) is 1. The van der Waals surface area contributed by atoms with Crippen molar-refractivity contribution in [2.24, 2.45) is 5.92 Å². The lowest BCUT2D eigenvalue weighted by molar-refractivity contribution is -0.122. The lowest BCUT2D eigenvalue weighted by atomic mass is 9.87. The van der Waals surface area contributed by atoms with Crippen LogP contribution in [-0.4, -0.2) is 18.4 Å². The molecule has 2 aromatic carbocycles. The highest BCUT2D eigenvalue weighted by atomic mass is 35.5. The zero-order valence-electron chi connectivity index (χ0n) is 16.2. The maximum atomic E-state index is 12.7. The van der Waals surface area contributed by atoms with Crippen molar-refractivity contribution in [1.29, 1.82) is 0 Å². The van der Waals surface area contributed by atoms with Crippen LogP contribution in [0, 0.1) is 12.8 Å². The minimum absolute atomic E-state index is 0.0264. The Labute approximate surface area is 165 Å². The van der Waals surface area contributed by atoms with Gasteiger partial charge in [0, 0.05) is 29.4 Å². The lowest BCUT2D eigenvalue weighted by Gasteiger charge is -2.21. The fraction of sp³-hybridized carbons (Fsp3) is 0.364. The summed E-state index contributed by atoms with van der Waals surface area (Å²) in [6, 6.07) is 13.4. The molecule has 1 unspecified atom stereocenters. The topological polar surface area (TPSA) is 49.4 Å². The van der Waals surface area contributed by atoms with Gasteiger partial charge in [-0.1, -0.05) is 50.6 Å². The van der Waals surface area contributed by atoms with Crippen LogP contribution in [0.2, 0.25) is 5.02 Å². The highest BCUT2D eigenvalue weighted by Crippen LogP contribution is 2.30. The van der Waals surface area contributed by atoms with Crippen LogP contribution in [0.25, 0.3) is 0 Å². The molecule has 1 fully saturated rings. The second-order valence-electron chi connectivity index (χ2n) is 8.10. The first-order valence-electron chi connectivity index (χ1n) is 9.13. The minimum Gasteiger partial charge on any atom is -0.325 e. The number of halogens is 1. The fourth-order valence-electron chi connectivity index (χ4n) is 3.25. The molecule has 1 atom stereocenters. The number of carbonyl (C=O) groups is 2. The highest BCUT2D eigenvalue weighted by molar-refractivity contribution is 6.31. The van der Waals surface area contributed by atoms with Crippen molar-refractivity contribution in [2.45, 2.75) is 39.5 Å². The number of nitrogens with one attached hydrogen (secondary N) is 1. The Morgan fingerprint density at radius 3 is 2.44 bits per heavy atom. The van der Waals surface area contributed by atoms with E-state index in [4.69, 9.17) is 11.6 Å². The summed E-state index contributed by atoms with van der Waals surface area (Å²) in [5, 5.41) is 3.52. The molecule has 27 heavy (non-hydrogen) atoms. The smallest absolute Gasteiger partial charge is 0.229 e. The van der Waals surface area contributed by atoms with Crippen LogP contribution in [0.15, 0.2) is 42.5 Å². The van der Waals surface area contributed by atoms with Crippen molar-refractivity contribution in [3.05, 3.63) is 58.6 Å². The molecule has 0 spiro atoms. The monoisotopic (exact) mass is 384 g/mol. The van der Waals surface area contributed by atoms with Crippen molar-refractivity contribution in [3.8, 4) is 0 Å². The van der Waals surface area contributed by atoms with Gasteiger partial charge in [-0.05, 0) is 47.7 Å². The van der Waals surface area contributed by atoms with Crippen LogP contribution in [-0.2, 0) is 15.0 Å². The number of rotatable bonds is 3. The highest BCUT2D eigenvalue weighted by Gasteiger charge is 2.35. The van der Waals surface area contributed by atoms with Crippen LogP contribution in [0.1, 0.15) is 38.3 Å². The molecule has 1 saturated heterocycles. The summed E-state index contributed by atoms with van der Waals surface area (Å²) < 4.78 is 0. The summed E-state index contributed by atoms with van der Waals surface area (Å²) in [5.41, 5.74) is 3.62. The zero-order valence-corrected chi connectivity index (χ0v) is 16.9. The second-order valence-corrected chi connectivity index (χ2v) is 8.51. The summed E-state index contributed by atoms with van der Waals surface area (Å²) in [7, 11) is 0. The maximum Gasteiger partial charge on any atom is 0.229 e. The van der Waals surface area contributed by atoms with E-state index in [0.29, 0.717) is 17.3 Å². The van der Waals surface area contributed by atoms with Gasteiger partial charge in [-0.2, -0.15) is 0 Å². The van der Waals surface area contributed by atoms with Gasteiger partial charge >= 0.3 is 0 Å². The van der Waals surface area contributed by atoms with Crippen molar-refractivity contribution in [1.82, 2.24) is 0 Å². The van der Waals surface area contributed by atoms with Crippen LogP contribution >= 0.6 is 11.6 Å². The molecule has 3 rings (SSSR count). The Balaban J connectivity index is 1.71. The third kappa shape index (κ3) is 4.16. The molecule has 0 saturated carbocycles. The van der Waals surface area contributed by atoms with Crippen molar-refractivity contribution in [2.75, 3.05) is 16.8 Å². The molecule has 5 heteroatoms. The Hall–Kier alpha value is -2.33. The minimum atomic E-state index is -0.377. The Morgan fingerprint density at radius 1 is 1.15 bits per heavy atom. The van der Waals surface area contributed by atoms with Crippen molar-refractivity contribution >= 4 is 34.8 Å². The quantitative estimate of drug-likeness (QED) is 0.814. The van der Waals surface area contributed by atoms with Crippen LogP contribution in [0.5, 0.6) is 0 Å². The second kappa shape index (κ2) is 7.35. The molecule has 0 aromatic heterocycles. The number of amides is 2. The molecular formula is C22H25ClN2O2. The SMILES string of the molecule is Cc1c(Cl)cccc1NC(=O)C1CC(=O)N(c2ccc(C(C)(C)C)cc2)C1. The number of hydrogen-bond acceptors (Lipinski definition) is 2.